The summed E-state index contributed by atoms with van der Waals surface area (Å²) in [6.07, 6.45) is 0. The lowest BCUT2D eigenvalue weighted by Gasteiger charge is -2.02. The van der Waals surface area contributed by atoms with Crippen LogP contribution in [0.2, 0.25) is 5.02 Å². The zero-order valence-electron chi connectivity index (χ0n) is 11.3. The summed E-state index contributed by atoms with van der Waals surface area (Å²) in [5.74, 6) is 6.82. The summed E-state index contributed by atoms with van der Waals surface area (Å²) in [6, 6.07) is 15.2. The molecule has 1 N–H and O–H groups in total. The van der Waals surface area contributed by atoms with Crippen LogP contribution in [0.1, 0.15) is 11.4 Å². The fourth-order valence-corrected chi connectivity index (χ4v) is 2.30. The molecule has 0 saturated heterocycles. The fourth-order valence-electron chi connectivity index (χ4n) is 2.18. The number of aromatic nitrogens is 2. The van der Waals surface area contributed by atoms with Crippen LogP contribution in [-0.4, -0.2) is 14.7 Å². The number of rotatable bonds is 2. The van der Waals surface area contributed by atoms with E-state index in [1.807, 2.05) is 53.1 Å². The van der Waals surface area contributed by atoms with Gasteiger partial charge in [-0.1, -0.05) is 35.6 Å². The highest BCUT2D eigenvalue weighted by Crippen LogP contribution is 2.15. The average molecular weight is 297 g/mol. The Kier molecular flexibility index (Phi) is 3.92. The Morgan fingerprint density at radius 1 is 1.10 bits per heavy atom. The molecule has 0 aliphatic heterocycles. The van der Waals surface area contributed by atoms with Crippen LogP contribution in [0.3, 0.4) is 0 Å². The third kappa shape index (κ3) is 2.92. The van der Waals surface area contributed by atoms with E-state index in [2.05, 4.69) is 16.8 Å². The molecule has 1 heterocycles. The summed E-state index contributed by atoms with van der Waals surface area (Å²) in [4.78, 5) is 4.40. The number of hydrogen-bond acceptors (Lipinski definition) is 2. The highest BCUT2D eigenvalue weighted by Gasteiger charge is 2.07. The molecule has 104 valence electrons. The van der Waals surface area contributed by atoms with Gasteiger partial charge in [0.25, 0.3) is 0 Å². The van der Waals surface area contributed by atoms with Crippen LogP contribution in [-0.2, 0) is 13.2 Å². The van der Waals surface area contributed by atoms with Crippen LogP contribution in [0.25, 0.3) is 11.0 Å². The molecule has 0 bridgehead atoms. The van der Waals surface area contributed by atoms with E-state index in [9.17, 15) is 5.11 Å². The maximum atomic E-state index is 9.42. The Balaban J connectivity index is 1.90. The minimum absolute atomic E-state index is 0.0999. The molecule has 0 aliphatic rings. The van der Waals surface area contributed by atoms with Gasteiger partial charge >= 0.3 is 0 Å². The van der Waals surface area contributed by atoms with Gasteiger partial charge < -0.3 is 9.67 Å². The fraction of sp³-hybridized carbons (Fsp3) is 0.118. The van der Waals surface area contributed by atoms with E-state index < -0.39 is 0 Å². The Bertz CT molecular complexity index is 825. The molecule has 3 rings (SSSR count). The van der Waals surface area contributed by atoms with Crippen LogP contribution in [0, 0.1) is 11.8 Å². The van der Waals surface area contributed by atoms with Crippen LogP contribution in [0.4, 0.5) is 0 Å². The number of aliphatic hydroxyl groups is 1. The van der Waals surface area contributed by atoms with Crippen molar-refractivity contribution in [3.05, 3.63) is 64.9 Å². The van der Waals surface area contributed by atoms with Crippen LogP contribution in [0.15, 0.2) is 48.5 Å². The van der Waals surface area contributed by atoms with Crippen molar-refractivity contribution < 1.29 is 5.11 Å². The van der Waals surface area contributed by atoms with Crippen molar-refractivity contribution in [3.8, 4) is 11.8 Å². The number of fused-ring (bicyclic) bond motifs is 1. The molecule has 21 heavy (non-hydrogen) atoms. The predicted molar refractivity (Wildman–Crippen MR) is 84.0 cm³/mol. The number of aliphatic hydroxyl groups excluding tert-OH is 1. The van der Waals surface area contributed by atoms with E-state index in [1.165, 1.54) is 0 Å². The van der Waals surface area contributed by atoms with E-state index in [1.54, 1.807) is 0 Å². The second kappa shape index (κ2) is 6.01. The third-order valence-electron chi connectivity index (χ3n) is 3.19. The summed E-state index contributed by atoms with van der Waals surface area (Å²) >= 11 is 5.84. The lowest BCUT2D eigenvalue weighted by Crippen LogP contribution is -2.02. The Morgan fingerprint density at radius 2 is 1.86 bits per heavy atom. The molecule has 3 aromatic rings. The molecular weight excluding hydrogens is 284 g/mol. The van der Waals surface area contributed by atoms with Gasteiger partial charge in [-0.2, -0.15) is 0 Å². The monoisotopic (exact) mass is 296 g/mol. The highest BCUT2D eigenvalue weighted by molar-refractivity contribution is 6.30. The van der Waals surface area contributed by atoms with Gasteiger partial charge in [0.1, 0.15) is 12.4 Å². The van der Waals surface area contributed by atoms with Gasteiger partial charge in [0.05, 0.1) is 17.6 Å². The topological polar surface area (TPSA) is 38.1 Å². The number of para-hydroxylation sites is 2. The average Bonchev–Trinajstić information content (AvgIpc) is 2.87. The van der Waals surface area contributed by atoms with Gasteiger partial charge in [-0.3, -0.25) is 0 Å². The molecule has 0 spiro atoms. The quantitative estimate of drug-likeness (QED) is 0.737. The maximum absolute atomic E-state index is 9.42. The van der Waals surface area contributed by atoms with E-state index in [0.717, 1.165) is 16.6 Å². The number of hydrogen-bond donors (Lipinski definition) is 1. The van der Waals surface area contributed by atoms with Crippen LogP contribution >= 0.6 is 11.6 Å². The van der Waals surface area contributed by atoms with Crippen LogP contribution < -0.4 is 0 Å². The van der Waals surface area contributed by atoms with Crippen molar-refractivity contribution in [1.82, 2.24) is 9.55 Å². The first-order valence-electron chi connectivity index (χ1n) is 6.57. The molecule has 3 nitrogen and oxygen atoms in total. The van der Waals surface area contributed by atoms with Crippen molar-refractivity contribution >= 4 is 22.6 Å². The standard InChI is InChI=1S/C17H13ClN2O/c18-14-9-7-13(8-10-14)4-3-11-20-16-6-2-1-5-15(16)19-17(20)12-21/h1-2,5-10,21H,11-12H2. The summed E-state index contributed by atoms with van der Waals surface area (Å²) < 4.78 is 1.93. The van der Waals surface area contributed by atoms with Crippen molar-refractivity contribution in [2.24, 2.45) is 0 Å². The molecule has 2 aromatic carbocycles. The minimum Gasteiger partial charge on any atom is -0.388 e. The first-order chi connectivity index (χ1) is 10.3. The molecule has 0 radical (unpaired) electrons. The second-order valence-corrected chi connectivity index (χ2v) is 5.01. The SMILES string of the molecule is OCc1nc2ccccc2n1CC#Cc1ccc(Cl)cc1. The molecule has 4 heteroatoms. The van der Waals surface area contributed by atoms with Gasteiger partial charge in [0.2, 0.25) is 0 Å². The normalized spacial score (nSPS) is 10.4. The molecule has 0 aliphatic carbocycles. The number of halogens is 1. The number of imidazole rings is 1. The molecule has 0 fully saturated rings. The first kappa shape index (κ1) is 13.7. The molecule has 1 aromatic heterocycles. The van der Waals surface area contributed by atoms with Crippen molar-refractivity contribution in [3.63, 3.8) is 0 Å². The zero-order valence-corrected chi connectivity index (χ0v) is 12.0. The van der Waals surface area contributed by atoms with E-state index in [-0.39, 0.29) is 6.61 Å². The van der Waals surface area contributed by atoms with Gasteiger partial charge in [-0.25, -0.2) is 4.98 Å². The third-order valence-corrected chi connectivity index (χ3v) is 3.44. The lowest BCUT2D eigenvalue weighted by atomic mass is 10.2. The summed E-state index contributed by atoms with van der Waals surface area (Å²) in [6.45, 7) is 0.385. The zero-order chi connectivity index (χ0) is 14.7. The molecule has 0 atom stereocenters. The Morgan fingerprint density at radius 3 is 2.62 bits per heavy atom. The predicted octanol–water partition coefficient (Wildman–Crippen LogP) is 3.23. The minimum atomic E-state index is -0.0999. The number of nitrogens with zero attached hydrogens (tertiary/aromatic N) is 2. The maximum Gasteiger partial charge on any atom is 0.136 e. The highest BCUT2D eigenvalue weighted by atomic mass is 35.5. The lowest BCUT2D eigenvalue weighted by molar-refractivity contribution is 0.267. The Labute approximate surface area is 127 Å². The largest absolute Gasteiger partial charge is 0.388 e. The van der Waals surface area contributed by atoms with Gasteiger partial charge in [-0.05, 0) is 36.4 Å². The van der Waals surface area contributed by atoms with E-state index in [0.29, 0.717) is 17.4 Å². The summed E-state index contributed by atoms with van der Waals surface area (Å²) in [7, 11) is 0. The first-order valence-corrected chi connectivity index (χ1v) is 6.95. The van der Waals surface area contributed by atoms with E-state index >= 15 is 0 Å². The number of benzene rings is 2. The van der Waals surface area contributed by atoms with Crippen molar-refractivity contribution in [2.75, 3.05) is 0 Å². The molecule has 0 saturated carbocycles. The molecular formula is C17H13ClN2O. The smallest absolute Gasteiger partial charge is 0.136 e. The van der Waals surface area contributed by atoms with Crippen molar-refractivity contribution in [2.45, 2.75) is 13.2 Å². The second-order valence-electron chi connectivity index (χ2n) is 4.57. The Hall–Kier alpha value is -2.28. The summed E-state index contributed by atoms with van der Waals surface area (Å²) in [5.41, 5.74) is 2.76. The molecule has 0 amide bonds. The van der Waals surface area contributed by atoms with Gasteiger partial charge in [-0.15, -0.1) is 0 Å². The van der Waals surface area contributed by atoms with Gasteiger partial charge in [0, 0.05) is 10.6 Å². The van der Waals surface area contributed by atoms with Gasteiger partial charge in [0.15, 0.2) is 0 Å². The van der Waals surface area contributed by atoms with Crippen molar-refractivity contribution in [1.29, 1.82) is 0 Å². The van der Waals surface area contributed by atoms with Crippen LogP contribution in [0.5, 0.6) is 0 Å². The summed E-state index contributed by atoms with van der Waals surface area (Å²) in [5, 5.41) is 10.1. The van der Waals surface area contributed by atoms with E-state index in [4.69, 9.17) is 11.6 Å². The molecule has 0 unspecified atom stereocenters.